The molecule has 0 aliphatic heterocycles. The van der Waals surface area contributed by atoms with Gasteiger partial charge in [-0.15, -0.1) is 0 Å². The molecule has 0 aromatic carbocycles. The highest BCUT2D eigenvalue weighted by atomic mass is 16.6. The Morgan fingerprint density at radius 1 is 1.65 bits per heavy atom. The predicted octanol–water partition coefficient (Wildman–Crippen LogP) is 0.670. The van der Waals surface area contributed by atoms with Crippen LogP contribution in [0.4, 0.5) is 5.69 Å². The summed E-state index contributed by atoms with van der Waals surface area (Å²) < 4.78 is 0. The molecule has 17 heavy (non-hydrogen) atoms. The third kappa shape index (κ3) is 3.28. The summed E-state index contributed by atoms with van der Waals surface area (Å²) in [5.41, 5.74) is -0.0592. The van der Waals surface area contributed by atoms with Gasteiger partial charge in [0.25, 0.3) is 11.6 Å². The molecule has 0 spiro atoms. The van der Waals surface area contributed by atoms with Crippen molar-refractivity contribution in [2.75, 3.05) is 6.61 Å². The molecule has 0 saturated carbocycles. The summed E-state index contributed by atoms with van der Waals surface area (Å²) in [6, 6.07) is 0.786. The summed E-state index contributed by atoms with van der Waals surface area (Å²) in [6.07, 6.45) is 1.15. The molecular weight excluding hydrogens is 226 g/mol. The molecular formula is C10H15N3O4. The number of aliphatic hydroxyl groups excluding tert-OH is 1. The predicted molar refractivity (Wildman–Crippen MR) is 60.6 cm³/mol. The zero-order valence-corrected chi connectivity index (χ0v) is 9.64. The molecule has 0 fully saturated rings. The van der Waals surface area contributed by atoms with Crippen molar-refractivity contribution < 1.29 is 14.8 Å². The highest BCUT2D eigenvalue weighted by Gasteiger charge is 2.19. The first kappa shape index (κ1) is 13.2. The van der Waals surface area contributed by atoms with E-state index >= 15 is 0 Å². The van der Waals surface area contributed by atoms with Gasteiger partial charge in [-0.3, -0.25) is 14.9 Å². The first-order valence-electron chi connectivity index (χ1n) is 5.20. The summed E-state index contributed by atoms with van der Waals surface area (Å²) >= 11 is 0. The molecule has 1 heterocycles. The third-order valence-electron chi connectivity index (χ3n) is 2.44. The highest BCUT2D eigenvalue weighted by Crippen LogP contribution is 2.12. The number of carbonyl (C=O) groups excluding carboxylic acids is 1. The van der Waals surface area contributed by atoms with Crippen LogP contribution in [0, 0.1) is 16.0 Å². The number of hydrogen-bond donors (Lipinski definition) is 3. The third-order valence-corrected chi connectivity index (χ3v) is 2.44. The van der Waals surface area contributed by atoms with Crippen LogP contribution in [0.5, 0.6) is 0 Å². The Labute approximate surface area is 98.0 Å². The van der Waals surface area contributed by atoms with Crippen molar-refractivity contribution in [3.63, 3.8) is 0 Å². The topological polar surface area (TPSA) is 108 Å². The van der Waals surface area contributed by atoms with E-state index in [0.717, 1.165) is 12.3 Å². The summed E-state index contributed by atoms with van der Waals surface area (Å²) in [7, 11) is 0. The average molecular weight is 241 g/mol. The Kier molecular flexibility index (Phi) is 4.22. The quantitative estimate of drug-likeness (QED) is 0.520. The number of nitro groups is 1. The zero-order chi connectivity index (χ0) is 13.0. The van der Waals surface area contributed by atoms with Crippen molar-refractivity contribution in [3.8, 4) is 0 Å². The van der Waals surface area contributed by atoms with Gasteiger partial charge < -0.3 is 15.4 Å². The lowest BCUT2D eigenvalue weighted by Crippen LogP contribution is -2.41. The molecule has 94 valence electrons. The molecule has 1 amide bonds. The van der Waals surface area contributed by atoms with Crippen molar-refractivity contribution in [2.24, 2.45) is 5.92 Å². The van der Waals surface area contributed by atoms with Gasteiger partial charge in [0.2, 0.25) is 0 Å². The number of nitrogens with zero attached hydrogens (tertiary/aromatic N) is 1. The fourth-order valence-electron chi connectivity index (χ4n) is 1.29. The van der Waals surface area contributed by atoms with Gasteiger partial charge in [-0.1, -0.05) is 13.8 Å². The van der Waals surface area contributed by atoms with Crippen LogP contribution in [-0.2, 0) is 0 Å². The number of H-pyrrole nitrogens is 1. The van der Waals surface area contributed by atoms with Crippen LogP contribution in [0.25, 0.3) is 0 Å². The van der Waals surface area contributed by atoms with Gasteiger partial charge in [0, 0.05) is 6.07 Å². The van der Waals surface area contributed by atoms with E-state index in [1.54, 1.807) is 0 Å². The van der Waals surface area contributed by atoms with Crippen LogP contribution >= 0.6 is 0 Å². The number of amides is 1. The first-order valence-corrected chi connectivity index (χ1v) is 5.20. The van der Waals surface area contributed by atoms with Crippen molar-refractivity contribution in [1.82, 2.24) is 10.3 Å². The monoisotopic (exact) mass is 241 g/mol. The molecule has 0 aliphatic carbocycles. The number of aromatic amines is 1. The summed E-state index contributed by atoms with van der Waals surface area (Å²) in [4.78, 5) is 24.1. The molecule has 1 rings (SSSR count). The Morgan fingerprint density at radius 3 is 2.71 bits per heavy atom. The summed E-state index contributed by atoms with van der Waals surface area (Å²) in [5.74, 6) is -0.389. The maximum absolute atomic E-state index is 11.7. The SMILES string of the molecule is CC(C)[C@@H](CO)NC(=O)c1cc([N+](=O)[O-])c[nH]1. The minimum absolute atomic E-state index is 0.0777. The second-order valence-corrected chi connectivity index (χ2v) is 4.04. The van der Waals surface area contributed by atoms with Crippen molar-refractivity contribution in [2.45, 2.75) is 19.9 Å². The van der Waals surface area contributed by atoms with Crippen LogP contribution < -0.4 is 5.32 Å². The van der Waals surface area contributed by atoms with E-state index in [0.29, 0.717) is 0 Å². The van der Waals surface area contributed by atoms with Crippen LogP contribution in [-0.4, -0.2) is 33.6 Å². The highest BCUT2D eigenvalue weighted by molar-refractivity contribution is 5.93. The Balaban J connectivity index is 2.72. The maximum Gasteiger partial charge on any atom is 0.287 e. The maximum atomic E-state index is 11.7. The minimum atomic E-state index is -0.584. The van der Waals surface area contributed by atoms with E-state index in [1.807, 2.05) is 13.8 Å². The van der Waals surface area contributed by atoms with Crippen LogP contribution in [0.3, 0.4) is 0 Å². The molecule has 7 nitrogen and oxygen atoms in total. The van der Waals surface area contributed by atoms with E-state index in [-0.39, 0.29) is 29.9 Å². The smallest absolute Gasteiger partial charge is 0.287 e. The van der Waals surface area contributed by atoms with E-state index in [4.69, 9.17) is 5.11 Å². The van der Waals surface area contributed by atoms with Crippen LogP contribution in [0.2, 0.25) is 0 Å². The second-order valence-electron chi connectivity index (χ2n) is 4.04. The largest absolute Gasteiger partial charge is 0.394 e. The van der Waals surface area contributed by atoms with Gasteiger partial charge in [-0.25, -0.2) is 0 Å². The van der Waals surface area contributed by atoms with Crippen LogP contribution in [0.15, 0.2) is 12.3 Å². The Morgan fingerprint density at radius 2 is 2.29 bits per heavy atom. The van der Waals surface area contributed by atoms with Gasteiger partial charge in [-0.2, -0.15) is 0 Å². The second kappa shape index (κ2) is 5.44. The molecule has 7 heteroatoms. The van der Waals surface area contributed by atoms with Crippen LogP contribution in [0.1, 0.15) is 24.3 Å². The van der Waals surface area contributed by atoms with E-state index in [9.17, 15) is 14.9 Å². The number of aliphatic hydroxyl groups is 1. The normalized spacial score (nSPS) is 12.5. The number of carbonyl (C=O) groups is 1. The molecule has 3 N–H and O–H groups in total. The molecule has 0 aliphatic rings. The lowest BCUT2D eigenvalue weighted by atomic mass is 10.1. The van der Waals surface area contributed by atoms with Crippen molar-refractivity contribution >= 4 is 11.6 Å². The fraction of sp³-hybridized carbons (Fsp3) is 0.500. The number of nitrogens with one attached hydrogen (secondary N) is 2. The lowest BCUT2D eigenvalue weighted by molar-refractivity contribution is -0.384. The van der Waals surface area contributed by atoms with E-state index < -0.39 is 10.8 Å². The minimum Gasteiger partial charge on any atom is -0.394 e. The molecule has 0 saturated heterocycles. The molecule has 1 aromatic rings. The fourth-order valence-corrected chi connectivity index (χ4v) is 1.29. The summed E-state index contributed by atoms with van der Waals surface area (Å²) in [5, 5.41) is 22.1. The zero-order valence-electron chi connectivity index (χ0n) is 9.64. The standard InChI is InChI=1S/C10H15N3O4/c1-6(2)9(5-14)12-10(15)8-3-7(4-11-8)13(16)17/h3-4,6,9,11,14H,5H2,1-2H3,(H,12,15)/t9-/m1/s1. The molecule has 0 radical (unpaired) electrons. The number of rotatable bonds is 5. The molecule has 1 atom stereocenters. The van der Waals surface area contributed by atoms with Gasteiger partial charge in [0.05, 0.1) is 23.8 Å². The Bertz CT molecular complexity index is 413. The Hall–Kier alpha value is -1.89. The van der Waals surface area contributed by atoms with Gasteiger partial charge in [-0.05, 0) is 5.92 Å². The number of hydrogen-bond acceptors (Lipinski definition) is 4. The summed E-state index contributed by atoms with van der Waals surface area (Å²) in [6.45, 7) is 3.54. The first-order chi connectivity index (χ1) is 7.95. The van der Waals surface area contributed by atoms with Gasteiger partial charge >= 0.3 is 0 Å². The molecule has 1 aromatic heterocycles. The average Bonchev–Trinajstić information content (AvgIpc) is 2.74. The lowest BCUT2D eigenvalue weighted by Gasteiger charge is -2.19. The van der Waals surface area contributed by atoms with Gasteiger partial charge in [0.15, 0.2) is 0 Å². The van der Waals surface area contributed by atoms with E-state index in [2.05, 4.69) is 10.3 Å². The van der Waals surface area contributed by atoms with Gasteiger partial charge in [0.1, 0.15) is 5.69 Å². The number of aromatic nitrogens is 1. The van der Waals surface area contributed by atoms with Crippen molar-refractivity contribution in [1.29, 1.82) is 0 Å². The van der Waals surface area contributed by atoms with E-state index in [1.165, 1.54) is 0 Å². The van der Waals surface area contributed by atoms with Crippen molar-refractivity contribution in [3.05, 3.63) is 28.1 Å². The molecule has 0 bridgehead atoms. The molecule has 0 unspecified atom stereocenters.